The van der Waals surface area contributed by atoms with Gasteiger partial charge in [0.05, 0.1) is 6.20 Å². The lowest BCUT2D eigenvalue weighted by atomic mass is 9.93. The number of aromatic nitrogens is 2. The van der Waals surface area contributed by atoms with Gasteiger partial charge in [-0.05, 0) is 33.4 Å². The first-order valence-corrected chi connectivity index (χ1v) is 8.20. The van der Waals surface area contributed by atoms with E-state index >= 15 is 0 Å². The zero-order chi connectivity index (χ0) is 15.6. The Hall–Kier alpha value is -0.920. The molecule has 0 aromatic carbocycles. The maximum absolute atomic E-state index is 12.2. The highest BCUT2D eigenvalue weighted by molar-refractivity contribution is 7.89. The number of hydrogen-bond acceptors (Lipinski definition) is 4. The molecule has 0 atom stereocenters. The summed E-state index contributed by atoms with van der Waals surface area (Å²) in [7, 11) is 0.456. The molecule has 1 N–H and O–H groups in total. The Bertz CT molecular complexity index is 532. The van der Waals surface area contributed by atoms with E-state index in [1.54, 1.807) is 10.9 Å². The summed E-state index contributed by atoms with van der Waals surface area (Å²) < 4.78 is 28.7. The summed E-state index contributed by atoms with van der Waals surface area (Å²) in [6.07, 6.45) is 2.95. The summed E-state index contributed by atoms with van der Waals surface area (Å²) in [4.78, 5) is 2.26. The minimum atomic E-state index is -3.49. The van der Waals surface area contributed by atoms with E-state index in [0.717, 1.165) is 6.54 Å². The average Bonchev–Trinajstić information content (AvgIpc) is 2.75. The zero-order valence-electron chi connectivity index (χ0n) is 13.2. The summed E-state index contributed by atoms with van der Waals surface area (Å²) in [5, 5.41) is 4.06. The maximum atomic E-state index is 12.2. The Morgan fingerprint density at radius 3 is 2.45 bits per heavy atom. The highest BCUT2D eigenvalue weighted by Crippen LogP contribution is 2.17. The number of nitrogens with zero attached hydrogens (tertiary/aromatic N) is 3. The number of hydrogen-bond donors (Lipinski definition) is 1. The van der Waals surface area contributed by atoms with Crippen LogP contribution < -0.4 is 4.72 Å². The Balaban J connectivity index is 2.75. The molecule has 20 heavy (non-hydrogen) atoms. The summed E-state index contributed by atoms with van der Waals surface area (Å²) in [5.41, 5.74) is -0.134. The van der Waals surface area contributed by atoms with Gasteiger partial charge in [-0.25, -0.2) is 13.1 Å². The molecule has 0 radical (unpaired) electrons. The predicted molar refractivity (Wildman–Crippen MR) is 80.1 cm³/mol. The quantitative estimate of drug-likeness (QED) is 0.825. The number of rotatable bonds is 7. The van der Waals surface area contributed by atoms with Gasteiger partial charge in [0.15, 0.2) is 0 Å². The summed E-state index contributed by atoms with van der Waals surface area (Å²) >= 11 is 0. The molecule has 0 unspecified atom stereocenters. The molecule has 0 saturated carbocycles. The smallest absolute Gasteiger partial charge is 0.243 e. The molecule has 1 heterocycles. The highest BCUT2D eigenvalue weighted by atomic mass is 32.2. The summed E-state index contributed by atoms with van der Waals surface area (Å²) in [5.74, 6) is 0. The van der Waals surface area contributed by atoms with E-state index in [2.05, 4.69) is 9.82 Å². The molecule has 116 valence electrons. The first-order chi connectivity index (χ1) is 9.03. The van der Waals surface area contributed by atoms with Crippen LogP contribution in [0.4, 0.5) is 0 Å². The van der Waals surface area contributed by atoms with Crippen LogP contribution in [-0.2, 0) is 10.0 Å². The van der Waals surface area contributed by atoms with Crippen LogP contribution in [-0.4, -0.2) is 50.3 Å². The summed E-state index contributed by atoms with van der Waals surface area (Å²) in [6.45, 7) is 9.18. The van der Waals surface area contributed by atoms with E-state index in [-0.39, 0.29) is 16.4 Å². The molecule has 0 fully saturated rings. The minimum Gasteiger partial charge on any atom is -0.309 e. The SMILES string of the molecule is CC(C)n1cc(S(=O)(=O)NCC(C)(C)CN(C)C)cn1. The second-order valence-corrected chi connectivity index (χ2v) is 8.24. The van der Waals surface area contributed by atoms with Crippen molar-refractivity contribution in [2.24, 2.45) is 5.41 Å². The van der Waals surface area contributed by atoms with Crippen molar-refractivity contribution < 1.29 is 8.42 Å². The van der Waals surface area contributed by atoms with E-state index < -0.39 is 10.0 Å². The molecule has 1 aromatic heterocycles. The standard InChI is InChI=1S/C13H26N4O2S/c1-11(2)17-8-12(7-14-17)20(18,19)15-9-13(3,4)10-16(5)6/h7-8,11,15H,9-10H2,1-6H3. The molecule has 0 aliphatic heterocycles. The molecule has 1 aromatic rings. The van der Waals surface area contributed by atoms with Gasteiger partial charge in [-0.15, -0.1) is 0 Å². The van der Waals surface area contributed by atoms with Crippen molar-refractivity contribution in [2.75, 3.05) is 27.2 Å². The van der Waals surface area contributed by atoms with Crippen molar-refractivity contribution in [3.63, 3.8) is 0 Å². The molecule has 0 amide bonds. The van der Waals surface area contributed by atoms with Crippen LogP contribution >= 0.6 is 0 Å². The normalized spacial score (nSPS) is 13.4. The van der Waals surface area contributed by atoms with Gasteiger partial charge in [0.1, 0.15) is 4.90 Å². The van der Waals surface area contributed by atoms with Crippen molar-refractivity contribution in [1.82, 2.24) is 19.4 Å². The lowest BCUT2D eigenvalue weighted by Crippen LogP contribution is -2.39. The van der Waals surface area contributed by atoms with E-state index in [1.807, 2.05) is 46.7 Å². The fourth-order valence-corrected chi connectivity index (χ4v) is 3.21. The minimum absolute atomic E-state index is 0.134. The lowest BCUT2D eigenvalue weighted by molar-refractivity contribution is 0.242. The van der Waals surface area contributed by atoms with E-state index in [9.17, 15) is 8.42 Å². The fraction of sp³-hybridized carbons (Fsp3) is 0.769. The third kappa shape index (κ3) is 4.88. The number of nitrogens with one attached hydrogen (secondary N) is 1. The van der Waals surface area contributed by atoms with E-state index in [1.165, 1.54) is 6.20 Å². The van der Waals surface area contributed by atoms with Crippen molar-refractivity contribution in [3.8, 4) is 0 Å². The van der Waals surface area contributed by atoms with Crippen LogP contribution in [0, 0.1) is 5.41 Å². The Labute approximate surface area is 122 Å². The van der Waals surface area contributed by atoms with Gasteiger partial charge < -0.3 is 4.90 Å². The molecular formula is C13H26N4O2S. The topological polar surface area (TPSA) is 67.2 Å². The van der Waals surface area contributed by atoms with Crippen LogP contribution in [0.3, 0.4) is 0 Å². The van der Waals surface area contributed by atoms with Gasteiger partial charge in [-0.2, -0.15) is 5.10 Å². The van der Waals surface area contributed by atoms with Crippen molar-refractivity contribution in [2.45, 2.75) is 38.6 Å². The predicted octanol–water partition coefficient (Wildman–Crippen LogP) is 1.33. The number of sulfonamides is 1. The van der Waals surface area contributed by atoms with Crippen molar-refractivity contribution in [1.29, 1.82) is 0 Å². The van der Waals surface area contributed by atoms with Crippen LogP contribution in [0.25, 0.3) is 0 Å². The molecule has 0 bridgehead atoms. The lowest BCUT2D eigenvalue weighted by Gasteiger charge is -2.28. The monoisotopic (exact) mass is 302 g/mol. The van der Waals surface area contributed by atoms with Crippen LogP contribution in [0.1, 0.15) is 33.7 Å². The van der Waals surface area contributed by atoms with Gasteiger partial charge in [0.25, 0.3) is 0 Å². The molecule has 7 heteroatoms. The molecule has 0 saturated heterocycles. The summed E-state index contributed by atoms with van der Waals surface area (Å²) in [6, 6.07) is 0.143. The second kappa shape index (κ2) is 6.24. The van der Waals surface area contributed by atoms with Crippen LogP contribution in [0.5, 0.6) is 0 Å². The first kappa shape index (κ1) is 17.1. The average molecular weight is 302 g/mol. The Kier molecular flexibility index (Phi) is 5.34. The Morgan fingerprint density at radius 1 is 1.40 bits per heavy atom. The van der Waals surface area contributed by atoms with Gasteiger partial charge >= 0.3 is 0 Å². The Morgan fingerprint density at radius 2 is 2.00 bits per heavy atom. The largest absolute Gasteiger partial charge is 0.309 e. The van der Waals surface area contributed by atoms with Gasteiger partial charge in [-0.1, -0.05) is 13.8 Å². The zero-order valence-corrected chi connectivity index (χ0v) is 14.0. The first-order valence-electron chi connectivity index (χ1n) is 6.72. The van der Waals surface area contributed by atoms with Gasteiger partial charge in [0, 0.05) is 25.3 Å². The van der Waals surface area contributed by atoms with E-state index in [4.69, 9.17) is 0 Å². The molecule has 0 spiro atoms. The molecule has 0 aliphatic rings. The van der Waals surface area contributed by atoms with Gasteiger partial charge in [-0.3, -0.25) is 4.68 Å². The molecule has 1 rings (SSSR count). The van der Waals surface area contributed by atoms with Crippen molar-refractivity contribution >= 4 is 10.0 Å². The third-order valence-corrected chi connectivity index (χ3v) is 4.26. The molecule has 6 nitrogen and oxygen atoms in total. The third-order valence-electron chi connectivity index (χ3n) is 2.90. The van der Waals surface area contributed by atoms with Crippen LogP contribution in [0.15, 0.2) is 17.3 Å². The van der Waals surface area contributed by atoms with Crippen molar-refractivity contribution in [3.05, 3.63) is 12.4 Å². The second-order valence-electron chi connectivity index (χ2n) is 6.48. The van der Waals surface area contributed by atoms with Gasteiger partial charge in [0.2, 0.25) is 10.0 Å². The van der Waals surface area contributed by atoms with Crippen LogP contribution in [0.2, 0.25) is 0 Å². The highest BCUT2D eigenvalue weighted by Gasteiger charge is 2.24. The maximum Gasteiger partial charge on any atom is 0.243 e. The van der Waals surface area contributed by atoms with E-state index in [0.29, 0.717) is 6.54 Å². The molecular weight excluding hydrogens is 276 g/mol. The molecule has 0 aliphatic carbocycles. The fourth-order valence-electron chi connectivity index (χ4n) is 2.03.